The molecule has 0 radical (unpaired) electrons. The van der Waals surface area contributed by atoms with E-state index in [1.165, 1.54) is 61.5 Å². The number of esters is 1. The summed E-state index contributed by atoms with van der Waals surface area (Å²) in [5.41, 5.74) is 0.989. The van der Waals surface area contributed by atoms with E-state index in [1.54, 1.807) is 12.1 Å². The highest BCUT2D eigenvalue weighted by atomic mass is 16.7. The summed E-state index contributed by atoms with van der Waals surface area (Å²) >= 11 is 0. The number of aliphatic hydroxyl groups is 9. The number of phenols is 3. The highest BCUT2D eigenvalue weighted by Crippen LogP contribution is 2.46. The van der Waals surface area contributed by atoms with E-state index in [2.05, 4.69) is 0 Å². The van der Waals surface area contributed by atoms with E-state index in [-0.39, 0.29) is 40.1 Å². The molecule has 16 atom stereocenters. The van der Waals surface area contributed by atoms with Crippen LogP contribution in [0, 0.1) is 0 Å². The Kier molecular flexibility index (Phi) is 14.1. The van der Waals surface area contributed by atoms with Gasteiger partial charge in [-0.25, -0.2) is 4.79 Å². The second-order valence-corrected chi connectivity index (χ2v) is 15.3. The lowest BCUT2D eigenvalue weighted by Crippen LogP contribution is -2.61. The third kappa shape index (κ3) is 10.0. The van der Waals surface area contributed by atoms with Gasteiger partial charge < -0.3 is 99.2 Å². The van der Waals surface area contributed by atoms with E-state index in [9.17, 15) is 66.1 Å². The van der Waals surface area contributed by atoms with Crippen LogP contribution in [-0.4, -0.2) is 173 Å². The third-order valence-corrected chi connectivity index (χ3v) is 10.8. The number of ether oxygens (including phenoxy) is 8. The van der Waals surface area contributed by atoms with E-state index in [4.69, 9.17) is 37.9 Å². The molecule has 3 aromatic carbocycles. The number of benzene rings is 3. The molecule has 3 fully saturated rings. The summed E-state index contributed by atoms with van der Waals surface area (Å²) in [5, 5.41) is 126. The second-order valence-electron chi connectivity index (χ2n) is 15.3. The van der Waals surface area contributed by atoms with E-state index < -0.39 is 117 Å². The van der Waals surface area contributed by atoms with Gasteiger partial charge in [0.1, 0.15) is 95.5 Å². The van der Waals surface area contributed by atoms with E-state index in [0.717, 1.165) is 12.1 Å². The summed E-state index contributed by atoms with van der Waals surface area (Å²) in [6.45, 7) is 0.0827. The van der Waals surface area contributed by atoms with Gasteiger partial charge in [-0.05, 0) is 48.9 Å². The van der Waals surface area contributed by atoms with Gasteiger partial charge in [0.2, 0.25) is 12.6 Å². The Labute approximate surface area is 358 Å². The number of rotatable bonds is 12. The van der Waals surface area contributed by atoms with Crippen molar-refractivity contribution < 1.29 is 104 Å². The summed E-state index contributed by atoms with van der Waals surface area (Å²) in [5.74, 6) is -1.67. The van der Waals surface area contributed by atoms with Crippen LogP contribution < -0.4 is 9.47 Å². The highest BCUT2D eigenvalue weighted by molar-refractivity contribution is 5.87. The summed E-state index contributed by atoms with van der Waals surface area (Å²) in [7, 11) is 0. The molecule has 63 heavy (non-hydrogen) atoms. The Morgan fingerprint density at radius 1 is 0.667 bits per heavy atom. The zero-order valence-corrected chi connectivity index (χ0v) is 33.2. The van der Waals surface area contributed by atoms with Crippen LogP contribution in [0.15, 0.2) is 72.5 Å². The largest absolute Gasteiger partial charge is 0.508 e. The molecule has 3 aromatic rings. The lowest BCUT2D eigenvalue weighted by Gasteiger charge is -2.43. The van der Waals surface area contributed by atoms with Crippen molar-refractivity contribution in [3.63, 3.8) is 0 Å². The fourth-order valence-electron chi connectivity index (χ4n) is 7.30. The Balaban J connectivity index is 1.07. The van der Waals surface area contributed by atoms with Gasteiger partial charge in [0.25, 0.3) is 0 Å². The van der Waals surface area contributed by atoms with Crippen LogP contribution in [0.5, 0.6) is 28.7 Å². The van der Waals surface area contributed by atoms with Gasteiger partial charge >= 0.3 is 5.97 Å². The number of phenolic OH excluding ortho intramolecular Hbond substituents is 3. The van der Waals surface area contributed by atoms with Crippen LogP contribution in [0.4, 0.5) is 0 Å². The van der Waals surface area contributed by atoms with E-state index in [1.807, 2.05) is 0 Å². The maximum atomic E-state index is 12.6. The van der Waals surface area contributed by atoms with Gasteiger partial charge in [0.05, 0.1) is 24.9 Å². The van der Waals surface area contributed by atoms with Crippen LogP contribution in [0.25, 0.3) is 12.2 Å². The monoisotopic (exact) mass is 888 g/mol. The topological polar surface area (TPSA) is 334 Å². The number of carbonyl (C=O) groups is 1. The quantitative estimate of drug-likeness (QED) is 0.0719. The van der Waals surface area contributed by atoms with Crippen molar-refractivity contribution in [3.8, 4) is 28.7 Å². The van der Waals surface area contributed by atoms with Gasteiger partial charge in [-0.15, -0.1) is 0 Å². The first-order valence-corrected chi connectivity index (χ1v) is 19.7. The fourth-order valence-corrected chi connectivity index (χ4v) is 7.30. The zero-order chi connectivity index (χ0) is 45.3. The van der Waals surface area contributed by atoms with Crippen molar-refractivity contribution in [3.05, 3.63) is 89.2 Å². The summed E-state index contributed by atoms with van der Waals surface area (Å²) < 4.78 is 46.4. The summed E-state index contributed by atoms with van der Waals surface area (Å²) in [6, 6.07) is 14.0. The van der Waals surface area contributed by atoms with Crippen molar-refractivity contribution in [2.75, 3.05) is 13.2 Å². The molecule has 4 heterocycles. The predicted octanol–water partition coefficient (Wildman–Crippen LogP) is -1.61. The Morgan fingerprint density at radius 3 is 1.90 bits per heavy atom. The molecule has 4 aliphatic rings. The van der Waals surface area contributed by atoms with Crippen LogP contribution in [0.2, 0.25) is 0 Å². The molecule has 3 saturated heterocycles. The molecule has 0 aliphatic carbocycles. The molecule has 342 valence electrons. The first kappa shape index (κ1) is 45.9. The molecule has 7 rings (SSSR count). The first-order chi connectivity index (χ1) is 30.0. The van der Waals surface area contributed by atoms with Crippen LogP contribution in [0.1, 0.15) is 29.7 Å². The van der Waals surface area contributed by atoms with Crippen molar-refractivity contribution in [2.24, 2.45) is 0 Å². The van der Waals surface area contributed by atoms with Crippen molar-refractivity contribution in [1.29, 1.82) is 0 Å². The van der Waals surface area contributed by atoms with Gasteiger partial charge in [0, 0.05) is 23.8 Å². The van der Waals surface area contributed by atoms with Crippen LogP contribution in [-0.2, 0) is 33.2 Å². The van der Waals surface area contributed by atoms with Crippen LogP contribution in [0.3, 0.4) is 0 Å². The molecule has 12 N–H and O–H groups in total. The smallest absolute Gasteiger partial charge is 0.331 e. The molecular formula is C42H48O21. The van der Waals surface area contributed by atoms with Gasteiger partial charge in [-0.3, -0.25) is 0 Å². The van der Waals surface area contributed by atoms with Crippen molar-refractivity contribution in [2.45, 2.75) is 105 Å². The Bertz CT molecular complexity index is 2090. The minimum Gasteiger partial charge on any atom is -0.508 e. The SMILES string of the molecule is CC1OC(OCC2OC(OC3=Cc4c(cc(O)cc4OC4OC(CO)C(O)C(O)C4O)OC3c3ccc(O)cc3)C(O)C(O)C2O)C(O)C(O)C1OC(=O)C=Cc1ccc(O)cc1. The Morgan fingerprint density at radius 2 is 1.25 bits per heavy atom. The second kappa shape index (κ2) is 19.3. The van der Waals surface area contributed by atoms with E-state index in [0.29, 0.717) is 11.1 Å². The number of aromatic hydroxyl groups is 3. The Hall–Kier alpha value is -5.11. The molecule has 21 heteroatoms. The minimum atomic E-state index is -1.92. The number of carbonyl (C=O) groups excluding carboxylic acids is 1. The molecule has 0 aromatic heterocycles. The number of fused-ring (bicyclic) bond motifs is 1. The first-order valence-electron chi connectivity index (χ1n) is 19.7. The summed E-state index contributed by atoms with van der Waals surface area (Å²) in [6.07, 6.45) is -22.0. The molecule has 0 spiro atoms. The average Bonchev–Trinajstić information content (AvgIpc) is 3.26. The number of hydrogen-bond acceptors (Lipinski definition) is 21. The molecular weight excluding hydrogens is 840 g/mol. The lowest BCUT2D eigenvalue weighted by atomic mass is 9.98. The number of hydrogen-bond donors (Lipinski definition) is 12. The van der Waals surface area contributed by atoms with Gasteiger partial charge in [-0.1, -0.05) is 24.3 Å². The molecule has 0 bridgehead atoms. The molecule has 16 unspecified atom stereocenters. The summed E-state index contributed by atoms with van der Waals surface area (Å²) in [4.78, 5) is 12.6. The lowest BCUT2D eigenvalue weighted by molar-refractivity contribution is -0.325. The molecule has 21 nitrogen and oxygen atoms in total. The van der Waals surface area contributed by atoms with E-state index >= 15 is 0 Å². The maximum Gasteiger partial charge on any atom is 0.331 e. The third-order valence-electron chi connectivity index (χ3n) is 10.8. The highest BCUT2D eigenvalue weighted by Gasteiger charge is 2.50. The predicted molar refractivity (Wildman–Crippen MR) is 209 cm³/mol. The minimum absolute atomic E-state index is 0.0168. The molecule has 0 saturated carbocycles. The zero-order valence-electron chi connectivity index (χ0n) is 33.2. The standard InChI is InChI=1S/C42H48O21/c1-17-38(63-29(47)11-4-18-2-7-20(44)8-3-18)34(52)37(55)40(57-17)56-16-28-31(49)33(51)36(54)42(62-28)60-26-14-23-24(58-39(26)19-5-9-21(45)10-6-19)12-22(46)13-25(23)59-41-35(53)32(50)30(48)27(15-43)61-41/h2-14,17,27-28,30-46,48-55H,15-16H2,1H3. The molecule has 0 amide bonds. The van der Waals surface area contributed by atoms with Crippen LogP contribution >= 0.6 is 0 Å². The molecule has 4 aliphatic heterocycles. The average molecular weight is 889 g/mol. The van der Waals surface area contributed by atoms with Crippen molar-refractivity contribution in [1.82, 2.24) is 0 Å². The fraction of sp³-hybridized carbons (Fsp3) is 0.452. The van der Waals surface area contributed by atoms with Gasteiger partial charge in [-0.2, -0.15) is 0 Å². The maximum absolute atomic E-state index is 12.6. The number of aliphatic hydroxyl groups excluding tert-OH is 9. The van der Waals surface area contributed by atoms with Crippen molar-refractivity contribution >= 4 is 18.1 Å². The normalized spacial score (nSPS) is 35.6. The van der Waals surface area contributed by atoms with Gasteiger partial charge in [0.15, 0.2) is 18.5 Å².